The molecule has 2 rings (SSSR count). The first kappa shape index (κ1) is 14.1. The summed E-state index contributed by atoms with van der Waals surface area (Å²) in [5.74, 6) is 0.999. The maximum atomic E-state index is 5.80. The third-order valence-corrected chi connectivity index (χ3v) is 3.39. The molecule has 1 fully saturated rings. The van der Waals surface area contributed by atoms with Crippen molar-refractivity contribution in [1.82, 2.24) is 5.32 Å². The minimum atomic E-state index is 0.759. The van der Waals surface area contributed by atoms with Crippen LogP contribution in [0.25, 0.3) is 0 Å². The maximum absolute atomic E-state index is 5.80. The van der Waals surface area contributed by atoms with Crippen LogP contribution in [-0.4, -0.2) is 12.6 Å². The number of rotatable bonds is 10. The zero-order valence-electron chi connectivity index (χ0n) is 11.7. The van der Waals surface area contributed by atoms with Crippen LogP contribution in [0.2, 0.25) is 0 Å². The van der Waals surface area contributed by atoms with Crippen LogP contribution in [0.1, 0.15) is 44.1 Å². The topological polar surface area (TPSA) is 21.3 Å². The lowest BCUT2D eigenvalue weighted by Crippen LogP contribution is -2.15. The summed E-state index contributed by atoms with van der Waals surface area (Å²) in [6.45, 7) is 5.51. The number of hydrogen-bond acceptors (Lipinski definition) is 2. The zero-order chi connectivity index (χ0) is 13.3. The Kier molecular flexibility index (Phi) is 5.96. The number of ether oxygens (including phenoxy) is 1. The van der Waals surface area contributed by atoms with Crippen molar-refractivity contribution in [2.45, 2.75) is 51.1 Å². The van der Waals surface area contributed by atoms with Crippen molar-refractivity contribution in [3.63, 3.8) is 0 Å². The summed E-state index contributed by atoms with van der Waals surface area (Å²) in [6, 6.07) is 9.20. The number of allylic oxidation sites excluding steroid dienone is 1. The Morgan fingerprint density at radius 3 is 2.95 bits per heavy atom. The molecule has 0 aromatic heterocycles. The SMILES string of the molecule is C=CCCCCCOc1cccc(CNC2CC2)c1. The second-order valence-electron chi connectivity index (χ2n) is 5.29. The van der Waals surface area contributed by atoms with Crippen molar-refractivity contribution in [2.75, 3.05) is 6.61 Å². The average molecular weight is 259 g/mol. The fraction of sp³-hybridized carbons (Fsp3) is 0.529. The van der Waals surface area contributed by atoms with Crippen molar-refractivity contribution in [3.8, 4) is 5.75 Å². The lowest BCUT2D eigenvalue weighted by molar-refractivity contribution is 0.305. The number of hydrogen-bond donors (Lipinski definition) is 1. The van der Waals surface area contributed by atoms with Crippen LogP contribution in [0.4, 0.5) is 0 Å². The van der Waals surface area contributed by atoms with Crippen LogP contribution in [0, 0.1) is 0 Å². The summed E-state index contributed by atoms with van der Waals surface area (Å²) in [6.07, 6.45) is 9.33. The summed E-state index contributed by atoms with van der Waals surface area (Å²) in [5, 5.41) is 3.53. The lowest BCUT2D eigenvalue weighted by Gasteiger charge is -2.08. The third-order valence-electron chi connectivity index (χ3n) is 3.39. The van der Waals surface area contributed by atoms with Crippen LogP contribution in [0.3, 0.4) is 0 Å². The molecular formula is C17H25NO. The molecule has 0 radical (unpaired) electrons. The molecule has 0 saturated heterocycles. The van der Waals surface area contributed by atoms with E-state index in [0.717, 1.165) is 37.8 Å². The van der Waals surface area contributed by atoms with Crippen molar-refractivity contribution >= 4 is 0 Å². The standard InChI is InChI=1S/C17H25NO/c1-2-3-4-5-6-12-19-17-9-7-8-15(13-17)14-18-16-10-11-16/h2,7-9,13,16,18H,1,3-6,10-12,14H2. The lowest BCUT2D eigenvalue weighted by atomic mass is 10.2. The molecule has 1 aliphatic rings. The Labute approximate surface area is 116 Å². The molecule has 1 aliphatic carbocycles. The highest BCUT2D eigenvalue weighted by molar-refractivity contribution is 5.28. The fourth-order valence-electron chi connectivity index (χ4n) is 2.05. The molecule has 104 valence electrons. The van der Waals surface area contributed by atoms with Gasteiger partial charge in [-0.1, -0.05) is 18.2 Å². The van der Waals surface area contributed by atoms with Crippen LogP contribution in [-0.2, 0) is 6.54 Å². The molecule has 1 N–H and O–H groups in total. The predicted octanol–water partition coefficient (Wildman–Crippen LogP) is 4.06. The monoisotopic (exact) mass is 259 g/mol. The zero-order valence-corrected chi connectivity index (χ0v) is 11.7. The number of benzene rings is 1. The molecule has 1 aromatic rings. The second-order valence-corrected chi connectivity index (χ2v) is 5.29. The van der Waals surface area contributed by atoms with Crippen LogP contribution >= 0.6 is 0 Å². The highest BCUT2D eigenvalue weighted by atomic mass is 16.5. The highest BCUT2D eigenvalue weighted by Crippen LogP contribution is 2.20. The Hall–Kier alpha value is -1.28. The molecule has 1 saturated carbocycles. The summed E-state index contributed by atoms with van der Waals surface area (Å²) < 4.78 is 5.80. The van der Waals surface area contributed by atoms with Gasteiger partial charge in [0, 0.05) is 12.6 Å². The summed E-state index contributed by atoms with van der Waals surface area (Å²) >= 11 is 0. The number of nitrogens with one attached hydrogen (secondary N) is 1. The van der Waals surface area contributed by atoms with Gasteiger partial charge in [-0.2, -0.15) is 0 Å². The Balaban J connectivity index is 1.64. The maximum Gasteiger partial charge on any atom is 0.119 e. The number of unbranched alkanes of at least 4 members (excludes halogenated alkanes) is 3. The first-order chi connectivity index (χ1) is 9.38. The molecule has 0 aliphatic heterocycles. The van der Waals surface area contributed by atoms with Gasteiger partial charge in [0.2, 0.25) is 0 Å². The highest BCUT2D eigenvalue weighted by Gasteiger charge is 2.19. The first-order valence-corrected chi connectivity index (χ1v) is 7.44. The fourth-order valence-corrected chi connectivity index (χ4v) is 2.05. The molecule has 0 spiro atoms. The molecule has 0 heterocycles. The van der Waals surface area contributed by atoms with E-state index < -0.39 is 0 Å². The minimum absolute atomic E-state index is 0.759. The van der Waals surface area contributed by atoms with Gasteiger partial charge in [-0.3, -0.25) is 0 Å². The van der Waals surface area contributed by atoms with E-state index in [1.54, 1.807) is 0 Å². The molecular weight excluding hydrogens is 234 g/mol. The summed E-state index contributed by atoms with van der Waals surface area (Å²) in [5.41, 5.74) is 1.32. The molecule has 0 unspecified atom stereocenters. The Bertz CT molecular complexity index is 385. The van der Waals surface area contributed by atoms with Crippen LogP contribution in [0.15, 0.2) is 36.9 Å². The third kappa shape index (κ3) is 5.93. The Morgan fingerprint density at radius 2 is 2.16 bits per heavy atom. The minimum Gasteiger partial charge on any atom is -0.494 e. The average Bonchev–Trinajstić information content (AvgIpc) is 3.25. The summed E-state index contributed by atoms with van der Waals surface area (Å²) in [4.78, 5) is 0. The van der Waals surface area contributed by atoms with E-state index >= 15 is 0 Å². The largest absolute Gasteiger partial charge is 0.494 e. The van der Waals surface area contributed by atoms with Gasteiger partial charge in [-0.05, 0) is 56.2 Å². The smallest absolute Gasteiger partial charge is 0.119 e. The quantitative estimate of drug-likeness (QED) is 0.505. The molecule has 0 bridgehead atoms. The van der Waals surface area contributed by atoms with E-state index in [0.29, 0.717) is 0 Å². The van der Waals surface area contributed by atoms with Gasteiger partial charge in [0.05, 0.1) is 6.61 Å². The van der Waals surface area contributed by atoms with E-state index in [4.69, 9.17) is 4.74 Å². The molecule has 19 heavy (non-hydrogen) atoms. The van der Waals surface area contributed by atoms with E-state index in [-0.39, 0.29) is 0 Å². The van der Waals surface area contributed by atoms with Gasteiger partial charge >= 0.3 is 0 Å². The predicted molar refractivity (Wildman–Crippen MR) is 80.5 cm³/mol. The van der Waals surface area contributed by atoms with Gasteiger partial charge in [0.25, 0.3) is 0 Å². The van der Waals surface area contributed by atoms with Crippen molar-refractivity contribution in [1.29, 1.82) is 0 Å². The van der Waals surface area contributed by atoms with Crippen molar-refractivity contribution < 1.29 is 4.74 Å². The molecule has 2 nitrogen and oxygen atoms in total. The van der Waals surface area contributed by atoms with Gasteiger partial charge in [0.15, 0.2) is 0 Å². The molecule has 0 atom stereocenters. The van der Waals surface area contributed by atoms with Crippen LogP contribution in [0.5, 0.6) is 5.75 Å². The van der Waals surface area contributed by atoms with Crippen molar-refractivity contribution in [2.24, 2.45) is 0 Å². The van der Waals surface area contributed by atoms with Gasteiger partial charge < -0.3 is 10.1 Å². The normalized spacial score (nSPS) is 14.3. The second kappa shape index (κ2) is 8.00. The van der Waals surface area contributed by atoms with Gasteiger partial charge in [-0.15, -0.1) is 6.58 Å². The first-order valence-electron chi connectivity index (χ1n) is 7.44. The van der Waals surface area contributed by atoms with E-state index in [1.807, 2.05) is 12.1 Å². The molecule has 2 heteroatoms. The van der Waals surface area contributed by atoms with Crippen molar-refractivity contribution in [3.05, 3.63) is 42.5 Å². The van der Waals surface area contributed by atoms with E-state index in [9.17, 15) is 0 Å². The molecule has 1 aromatic carbocycles. The van der Waals surface area contributed by atoms with E-state index in [2.05, 4.69) is 30.1 Å². The van der Waals surface area contributed by atoms with Gasteiger partial charge in [0.1, 0.15) is 5.75 Å². The van der Waals surface area contributed by atoms with Gasteiger partial charge in [-0.25, -0.2) is 0 Å². The molecule has 0 amide bonds. The Morgan fingerprint density at radius 1 is 1.26 bits per heavy atom. The van der Waals surface area contributed by atoms with Crippen LogP contribution < -0.4 is 10.1 Å². The van der Waals surface area contributed by atoms with E-state index in [1.165, 1.54) is 31.2 Å². The summed E-state index contributed by atoms with van der Waals surface area (Å²) in [7, 11) is 0.